The zero-order chi connectivity index (χ0) is 14.7. The molecule has 1 saturated carbocycles. The van der Waals surface area contributed by atoms with Crippen LogP contribution in [0.4, 0.5) is 4.39 Å². The Balaban J connectivity index is 1.93. The molecule has 106 valence electrons. The van der Waals surface area contributed by atoms with Crippen LogP contribution in [-0.4, -0.2) is 4.98 Å². The van der Waals surface area contributed by atoms with E-state index in [0.717, 1.165) is 47.5 Å². The fourth-order valence-corrected chi connectivity index (χ4v) is 3.52. The lowest BCUT2D eigenvalue weighted by molar-refractivity contribution is 0.601. The highest BCUT2D eigenvalue weighted by Crippen LogP contribution is 2.33. The van der Waals surface area contributed by atoms with E-state index >= 15 is 0 Å². The molecule has 1 aliphatic carbocycles. The molecule has 21 heavy (non-hydrogen) atoms. The molecule has 0 saturated heterocycles. The second-order valence-electron chi connectivity index (χ2n) is 5.20. The van der Waals surface area contributed by atoms with Crippen molar-refractivity contribution in [3.05, 3.63) is 46.0 Å². The summed E-state index contributed by atoms with van der Waals surface area (Å²) in [4.78, 5) is 4.57. The molecule has 2 aromatic rings. The number of benzene rings is 1. The number of thiazole rings is 1. The lowest BCUT2D eigenvalue weighted by Crippen LogP contribution is -1.97. The van der Waals surface area contributed by atoms with Crippen molar-refractivity contribution < 1.29 is 4.39 Å². The summed E-state index contributed by atoms with van der Waals surface area (Å²) in [5.41, 5.74) is 3.67. The van der Waals surface area contributed by atoms with Gasteiger partial charge in [-0.1, -0.05) is 6.42 Å². The van der Waals surface area contributed by atoms with E-state index in [1.165, 1.54) is 35.5 Å². The summed E-state index contributed by atoms with van der Waals surface area (Å²) in [6.45, 7) is 0. The van der Waals surface area contributed by atoms with Gasteiger partial charge < -0.3 is 0 Å². The molecule has 0 spiro atoms. The van der Waals surface area contributed by atoms with Crippen molar-refractivity contribution in [1.29, 1.82) is 5.26 Å². The molecule has 0 aliphatic heterocycles. The van der Waals surface area contributed by atoms with E-state index in [1.807, 2.05) is 5.38 Å². The molecule has 3 rings (SSSR count). The standard InChI is InChI=1S/C17H15FN2S/c18-14-8-6-13(7-9-14)16-11-21-17(20-16)15(10-19)12-4-2-1-3-5-12/h6-9,11H,1-5H2. The second-order valence-corrected chi connectivity index (χ2v) is 6.05. The average molecular weight is 298 g/mol. The fraction of sp³-hybridized carbons (Fsp3) is 0.294. The van der Waals surface area contributed by atoms with Crippen molar-refractivity contribution >= 4 is 16.9 Å². The molecule has 0 amide bonds. The van der Waals surface area contributed by atoms with Gasteiger partial charge in [-0.05, 0) is 55.5 Å². The molecule has 1 fully saturated rings. The van der Waals surface area contributed by atoms with Crippen molar-refractivity contribution in [3.63, 3.8) is 0 Å². The summed E-state index contributed by atoms with van der Waals surface area (Å²) in [7, 11) is 0. The minimum Gasteiger partial charge on any atom is -0.235 e. The van der Waals surface area contributed by atoms with Crippen LogP contribution in [0.15, 0.2) is 35.2 Å². The van der Waals surface area contributed by atoms with Crippen LogP contribution in [0.25, 0.3) is 16.8 Å². The number of halogens is 1. The Labute approximate surface area is 127 Å². The van der Waals surface area contributed by atoms with E-state index in [4.69, 9.17) is 0 Å². The number of allylic oxidation sites excluding steroid dienone is 2. The molecule has 1 aliphatic rings. The smallest absolute Gasteiger partial charge is 0.134 e. The Bertz CT molecular complexity index is 699. The summed E-state index contributed by atoms with van der Waals surface area (Å²) in [6.07, 6.45) is 5.59. The third-order valence-electron chi connectivity index (χ3n) is 3.78. The molecule has 1 aromatic heterocycles. The van der Waals surface area contributed by atoms with Crippen LogP contribution in [0, 0.1) is 17.1 Å². The molecule has 1 aromatic carbocycles. The van der Waals surface area contributed by atoms with Gasteiger partial charge in [0.2, 0.25) is 0 Å². The molecule has 4 heteroatoms. The van der Waals surface area contributed by atoms with E-state index in [-0.39, 0.29) is 5.82 Å². The van der Waals surface area contributed by atoms with E-state index < -0.39 is 0 Å². The lowest BCUT2D eigenvalue weighted by atomic mass is 9.91. The maximum absolute atomic E-state index is 13.0. The van der Waals surface area contributed by atoms with Crippen molar-refractivity contribution in [3.8, 4) is 17.3 Å². The van der Waals surface area contributed by atoms with E-state index in [1.54, 1.807) is 12.1 Å². The average Bonchev–Trinajstić information content (AvgIpc) is 2.99. The predicted octanol–water partition coefficient (Wildman–Crippen LogP) is 5.19. The maximum atomic E-state index is 13.0. The Morgan fingerprint density at radius 1 is 1.14 bits per heavy atom. The van der Waals surface area contributed by atoms with Crippen LogP contribution in [-0.2, 0) is 0 Å². The quantitative estimate of drug-likeness (QED) is 0.715. The Morgan fingerprint density at radius 3 is 2.52 bits per heavy atom. The summed E-state index contributed by atoms with van der Waals surface area (Å²) >= 11 is 1.49. The number of rotatable bonds is 2. The largest absolute Gasteiger partial charge is 0.235 e. The minimum absolute atomic E-state index is 0.253. The highest BCUT2D eigenvalue weighted by molar-refractivity contribution is 7.11. The maximum Gasteiger partial charge on any atom is 0.134 e. The van der Waals surface area contributed by atoms with Crippen LogP contribution in [0.1, 0.15) is 37.1 Å². The normalized spacial score (nSPS) is 14.8. The first-order valence-electron chi connectivity index (χ1n) is 7.12. The number of aromatic nitrogens is 1. The van der Waals surface area contributed by atoms with Gasteiger partial charge in [0.15, 0.2) is 0 Å². The molecule has 0 atom stereocenters. The Hall–Kier alpha value is -1.99. The van der Waals surface area contributed by atoms with Crippen LogP contribution in [0.2, 0.25) is 0 Å². The molecule has 1 heterocycles. The van der Waals surface area contributed by atoms with Crippen LogP contribution in [0.3, 0.4) is 0 Å². The SMILES string of the molecule is N#CC(=C1CCCCC1)c1nc(-c2ccc(F)cc2)cs1. The summed E-state index contributed by atoms with van der Waals surface area (Å²) < 4.78 is 13.0. The highest BCUT2D eigenvalue weighted by atomic mass is 32.1. The highest BCUT2D eigenvalue weighted by Gasteiger charge is 2.16. The van der Waals surface area contributed by atoms with Gasteiger partial charge in [-0.15, -0.1) is 11.3 Å². The first-order valence-corrected chi connectivity index (χ1v) is 8.00. The Morgan fingerprint density at radius 2 is 1.86 bits per heavy atom. The van der Waals surface area contributed by atoms with Gasteiger partial charge in [-0.3, -0.25) is 0 Å². The third-order valence-corrected chi connectivity index (χ3v) is 4.64. The van der Waals surface area contributed by atoms with Crippen LogP contribution >= 0.6 is 11.3 Å². The molecule has 0 unspecified atom stereocenters. The molecular formula is C17H15FN2S. The van der Waals surface area contributed by atoms with Crippen molar-refractivity contribution in [2.75, 3.05) is 0 Å². The van der Waals surface area contributed by atoms with E-state index in [0.29, 0.717) is 0 Å². The zero-order valence-corrected chi connectivity index (χ0v) is 12.4. The number of hydrogen-bond acceptors (Lipinski definition) is 3. The van der Waals surface area contributed by atoms with Crippen LogP contribution < -0.4 is 0 Å². The molecule has 0 bridgehead atoms. The van der Waals surface area contributed by atoms with Gasteiger partial charge in [-0.2, -0.15) is 5.26 Å². The topological polar surface area (TPSA) is 36.7 Å². The first-order chi connectivity index (χ1) is 10.3. The lowest BCUT2D eigenvalue weighted by Gasteiger charge is -2.14. The van der Waals surface area contributed by atoms with Gasteiger partial charge in [0.05, 0.1) is 11.3 Å². The molecule has 0 radical (unpaired) electrons. The minimum atomic E-state index is -0.253. The van der Waals surface area contributed by atoms with E-state index in [9.17, 15) is 9.65 Å². The van der Waals surface area contributed by atoms with Gasteiger partial charge in [-0.25, -0.2) is 9.37 Å². The van der Waals surface area contributed by atoms with Crippen molar-refractivity contribution in [2.45, 2.75) is 32.1 Å². The molecule has 2 nitrogen and oxygen atoms in total. The van der Waals surface area contributed by atoms with Crippen molar-refractivity contribution in [1.82, 2.24) is 4.98 Å². The predicted molar refractivity (Wildman–Crippen MR) is 83.1 cm³/mol. The Kier molecular flexibility index (Phi) is 4.12. The van der Waals surface area contributed by atoms with Gasteiger partial charge >= 0.3 is 0 Å². The van der Waals surface area contributed by atoms with Gasteiger partial charge in [0.25, 0.3) is 0 Å². The molecular weight excluding hydrogens is 283 g/mol. The summed E-state index contributed by atoms with van der Waals surface area (Å²) in [5.74, 6) is -0.253. The van der Waals surface area contributed by atoms with E-state index in [2.05, 4.69) is 11.1 Å². The monoisotopic (exact) mass is 298 g/mol. The van der Waals surface area contributed by atoms with Gasteiger partial charge in [0.1, 0.15) is 16.9 Å². The summed E-state index contributed by atoms with van der Waals surface area (Å²) in [5, 5.41) is 12.2. The number of nitriles is 1. The van der Waals surface area contributed by atoms with Gasteiger partial charge in [0, 0.05) is 10.9 Å². The zero-order valence-electron chi connectivity index (χ0n) is 11.6. The third kappa shape index (κ3) is 3.03. The number of nitrogens with zero attached hydrogens (tertiary/aromatic N) is 2. The first kappa shape index (κ1) is 14.0. The summed E-state index contributed by atoms with van der Waals surface area (Å²) in [6, 6.07) is 8.62. The molecule has 0 N–H and O–H groups in total. The number of hydrogen-bond donors (Lipinski definition) is 0. The van der Waals surface area contributed by atoms with Crippen LogP contribution in [0.5, 0.6) is 0 Å². The fourth-order valence-electron chi connectivity index (χ4n) is 2.65. The second kappa shape index (κ2) is 6.19. The van der Waals surface area contributed by atoms with Crippen molar-refractivity contribution in [2.24, 2.45) is 0 Å².